The van der Waals surface area contributed by atoms with Crippen molar-refractivity contribution < 1.29 is 0 Å². The Kier molecular flexibility index (Phi) is 5.62. The molecule has 0 saturated carbocycles. The Hall–Kier alpha value is -0.390. The molecule has 0 aliphatic rings. The highest BCUT2D eigenvalue weighted by atomic mass is 32.2. The van der Waals surface area contributed by atoms with E-state index in [9.17, 15) is 4.79 Å². The number of hydrogen-bond donors (Lipinski definition) is 0. The van der Waals surface area contributed by atoms with Crippen LogP contribution in [0.5, 0.6) is 0 Å². The van der Waals surface area contributed by atoms with Crippen LogP contribution in [0.4, 0.5) is 5.69 Å². The van der Waals surface area contributed by atoms with Gasteiger partial charge in [0.2, 0.25) is 5.43 Å². The molecule has 0 N–H and O–H groups in total. The molecule has 0 unspecified atom stereocenters. The molecule has 0 bridgehead atoms. The van der Waals surface area contributed by atoms with E-state index in [-0.39, 0.29) is 5.43 Å². The highest BCUT2D eigenvalue weighted by molar-refractivity contribution is 7.97. The first-order chi connectivity index (χ1) is 7.99. The fraction of sp³-hybridized carbons (Fsp3) is 0.667. The van der Waals surface area contributed by atoms with E-state index >= 15 is 0 Å². The largest absolute Gasteiger partial charge is 0.373 e. The molecule has 0 atom stereocenters. The van der Waals surface area contributed by atoms with Crippen molar-refractivity contribution in [1.29, 1.82) is 0 Å². The molecule has 1 rings (SSSR count). The fourth-order valence-electron chi connectivity index (χ4n) is 1.84. The first kappa shape index (κ1) is 14.7. The van der Waals surface area contributed by atoms with E-state index in [4.69, 9.17) is 12.2 Å². The number of hydrogen-bond acceptors (Lipinski definition) is 5. The van der Waals surface area contributed by atoms with Gasteiger partial charge in [-0.15, -0.1) is 0 Å². The van der Waals surface area contributed by atoms with Crippen LogP contribution in [0, 0.1) is 4.51 Å². The average molecular weight is 272 g/mol. The van der Waals surface area contributed by atoms with E-state index in [1.165, 1.54) is 0 Å². The van der Waals surface area contributed by atoms with Gasteiger partial charge in [0.05, 0.1) is 5.69 Å². The maximum Gasteiger partial charge on any atom is 0.204 e. The normalized spacial score (nSPS) is 11.4. The molecule has 0 radical (unpaired) electrons. The van der Waals surface area contributed by atoms with Crippen molar-refractivity contribution in [1.82, 2.24) is 4.90 Å². The molecule has 96 valence electrons. The van der Waals surface area contributed by atoms with Crippen molar-refractivity contribution in [2.45, 2.75) is 12.2 Å². The van der Waals surface area contributed by atoms with Gasteiger partial charge in [0, 0.05) is 24.9 Å². The quantitative estimate of drug-likeness (QED) is 0.706. The highest BCUT2D eigenvalue weighted by Crippen LogP contribution is 2.24. The van der Waals surface area contributed by atoms with Crippen LogP contribution in [0.3, 0.4) is 0 Å². The minimum absolute atomic E-state index is 0.0730. The van der Waals surface area contributed by atoms with E-state index < -0.39 is 0 Å². The molecule has 1 aromatic rings. The Labute approximate surface area is 112 Å². The van der Waals surface area contributed by atoms with Gasteiger partial charge in [-0.25, -0.2) is 0 Å². The van der Waals surface area contributed by atoms with Crippen LogP contribution in [0.15, 0.2) is 4.79 Å². The summed E-state index contributed by atoms with van der Waals surface area (Å²) in [7, 11) is 6.15. The Balaban J connectivity index is 2.63. The summed E-state index contributed by atoms with van der Waals surface area (Å²) in [6, 6.07) is 0. The third-order valence-electron chi connectivity index (χ3n) is 2.75. The van der Waals surface area contributed by atoms with E-state index in [2.05, 4.69) is 23.9 Å². The first-order valence-corrected chi connectivity index (χ1v) is 7.46. The molecule has 0 aliphatic carbocycles. The summed E-state index contributed by atoms with van der Waals surface area (Å²) in [5, 5.41) is 0. The summed E-state index contributed by atoms with van der Waals surface area (Å²) < 4.78 is 0.515. The van der Waals surface area contributed by atoms with Gasteiger partial charge in [-0.1, -0.05) is 12.2 Å². The molecule has 0 spiro atoms. The van der Waals surface area contributed by atoms with Crippen LogP contribution < -0.4 is 10.3 Å². The fourth-order valence-corrected chi connectivity index (χ4v) is 2.80. The smallest absolute Gasteiger partial charge is 0.204 e. The van der Waals surface area contributed by atoms with Crippen LogP contribution >= 0.6 is 24.0 Å². The number of thioether (sulfide) groups is 1. The number of nitrogens with zero attached hydrogens (tertiary/aromatic N) is 2. The topological polar surface area (TPSA) is 23.6 Å². The SMILES string of the molecule is CSCc1c(N(C)CCCN(C)C)c(=S)c1=O. The summed E-state index contributed by atoms with van der Waals surface area (Å²) >= 11 is 6.80. The Bertz CT molecular complexity index is 436. The standard InChI is InChI=1S/C12H20N2OS2/c1-13(2)6-5-7-14(3)10-9(8-17-4)11(15)12(10)16/h5-8H2,1-4H3. The lowest BCUT2D eigenvalue weighted by atomic mass is 10.1. The van der Waals surface area contributed by atoms with Crippen LogP contribution in [0.2, 0.25) is 0 Å². The molecule has 0 aliphatic heterocycles. The minimum Gasteiger partial charge on any atom is -0.373 e. The van der Waals surface area contributed by atoms with Crippen LogP contribution in [0.25, 0.3) is 0 Å². The molecule has 5 heteroatoms. The molecule has 0 amide bonds. The van der Waals surface area contributed by atoms with Gasteiger partial charge in [0.1, 0.15) is 4.51 Å². The van der Waals surface area contributed by atoms with Gasteiger partial charge >= 0.3 is 0 Å². The maximum absolute atomic E-state index is 11.6. The second-order valence-corrected chi connectivity index (χ2v) is 5.77. The number of rotatable bonds is 7. The van der Waals surface area contributed by atoms with Crippen molar-refractivity contribution in [2.24, 2.45) is 0 Å². The van der Waals surface area contributed by atoms with E-state index in [0.717, 1.165) is 36.5 Å². The van der Waals surface area contributed by atoms with E-state index in [1.807, 2.05) is 13.3 Å². The summed E-state index contributed by atoms with van der Waals surface area (Å²) in [4.78, 5) is 15.9. The lowest BCUT2D eigenvalue weighted by Gasteiger charge is -2.24. The summed E-state index contributed by atoms with van der Waals surface area (Å²) in [6.07, 6.45) is 3.08. The van der Waals surface area contributed by atoms with Crippen LogP contribution in [-0.4, -0.2) is 45.4 Å². The van der Waals surface area contributed by atoms with Gasteiger partial charge in [-0.2, -0.15) is 11.8 Å². The lowest BCUT2D eigenvalue weighted by molar-refractivity contribution is 0.401. The van der Waals surface area contributed by atoms with Crippen molar-refractivity contribution in [3.8, 4) is 0 Å². The third kappa shape index (κ3) is 3.53. The van der Waals surface area contributed by atoms with Crippen molar-refractivity contribution in [3.63, 3.8) is 0 Å². The highest BCUT2D eigenvalue weighted by Gasteiger charge is 2.19. The zero-order chi connectivity index (χ0) is 13.0. The maximum atomic E-state index is 11.6. The molecule has 1 aromatic carbocycles. The zero-order valence-corrected chi connectivity index (χ0v) is 12.6. The zero-order valence-electron chi connectivity index (χ0n) is 10.9. The Morgan fingerprint density at radius 3 is 2.41 bits per heavy atom. The average Bonchev–Trinajstić information content (AvgIpc) is 2.27. The van der Waals surface area contributed by atoms with Gasteiger partial charge in [0.15, 0.2) is 0 Å². The van der Waals surface area contributed by atoms with Gasteiger partial charge in [0.25, 0.3) is 0 Å². The first-order valence-electron chi connectivity index (χ1n) is 5.66. The van der Waals surface area contributed by atoms with Crippen LogP contribution in [-0.2, 0) is 5.75 Å². The van der Waals surface area contributed by atoms with Gasteiger partial charge < -0.3 is 9.80 Å². The molecule has 0 heterocycles. The monoisotopic (exact) mass is 272 g/mol. The Morgan fingerprint density at radius 2 is 1.88 bits per heavy atom. The summed E-state index contributed by atoms with van der Waals surface area (Å²) in [5.41, 5.74) is 1.97. The predicted molar refractivity (Wildman–Crippen MR) is 79.6 cm³/mol. The van der Waals surface area contributed by atoms with Gasteiger partial charge in [-0.3, -0.25) is 4.79 Å². The van der Waals surface area contributed by atoms with E-state index in [1.54, 1.807) is 11.8 Å². The summed E-state index contributed by atoms with van der Waals surface area (Å²) in [6.45, 7) is 2.00. The van der Waals surface area contributed by atoms with Crippen molar-refractivity contribution in [2.75, 3.05) is 45.4 Å². The molecular weight excluding hydrogens is 252 g/mol. The van der Waals surface area contributed by atoms with Crippen LogP contribution in [0.1, 0.15) is 12.0 Å². The molecule has 0 saturated heterocycles. The second-order valence-electron chi connectivity index (χ2n) is 4.50. The molecule has 0 aromatic heterocycles. The summed E-state index contributed by atoms with van der Waals surface area (Å²) in [5.74, 6) is 0.770. The Morgan fingerprint density at radius 1 is 1.24 bits per heavy atom. The lowest BCUT2D eigenvalue weighted by Crippen LogP contribution is -2.30. The van der Waals surface area contributed by atoms with Gasteiger partial charge in [-0.05, 0) is 33.3 Å². The van der Waals surface area contributed by atoms with Crippen molar-refractivity contribution >= 4 is 29.7 Å². The third-order valence-corrected chi connectivity index (χ3v) is 3.71. The van der Waals surface area contributed by atoms with Crippen molar-refractivity contribution in [3.05, 3.63) is 20.3 Å². The second kappa shape index (κ2) is 6.52. The van der Waals surface area contributed by atoms with E-state index in [0.29, 0.717) is 4.51 Å². The molecular formula is C12H20N2OS2. The molecule has 3 nitrogen and oxygen atoms in total. The predicted octanol–water partition coefficient (Wildman–Crippen LogP) is 1.90. The molecule has 0 fully saturated rings. The molecule has 17 heavy (non-hydrogen) atoms. The minimum atomic E-state index is 0.0730. The number of anilines is 1.